The number of fused-ring (bicyclic) bond motifs is 1. The van der Waals surface area contributed by atoms with Crippen LogP contribution in [0.5, 0.6) is 0 Å². The molecule has 106 valence electrons. The molecule has 4 heteroatoms. The summed E-state index contributed by atoms with van der Waals surface area (Å²) in [4.78, 5) is 5.25. The van der Waals surface area contributed by atoms with Gasteiger partial charge in [-0.1, -0.05) is 6.92 Å². The lowest BCUT2D eigenvalue weighted by Crippen LogP contribution is -2.49. The molecule has 1 atom stereocenters. The predicted molar refractivity (Wildman–Crippen MR) is 76.0 cm³/mol. The Morgan fingerprint density at radius 3 is 3.21 bits per heavy atom. The molecule has 0 saturated carbocycles. The molecular formula is C15H25N3O. The lowest BCUT2D eigenvalue weighted by atomic mass is 10.1. The maximum absolute atomic E-state index is 5.60. The van der Waals surface area contributed by atoms with Crippen LogP contribution < -0.4 is 5.32 Å². The van der Waals surface area contributed by atoms with Crippen LogP contribution in [-0.4, -0.2) is 48.6 Å². The Kier molecular flexibility index (Phi) is 4.21. The van der Waals surface area contributed by atoms with Crippen molar-refractivity contribution in [2.45, 2.75) is 38.9 Å². The van der Waals surface area contributed by atoms with E-state index in [4.69, 9.17) is 4.42 Å². The van der Waals surface area contributed by atoms with E-state index in [1.807, 2.05) is 6.26 Å². The average molecular weight is 263 g/mol. The molecule has 3 heterocycles. The first-order valence-electron chi connectivity index (χ1n) is 7.59. The monoisotopic (exact) mass is 263 g/mol. The van der Waals surface area contributed by atoms with Crippen molar-refractivity contribution in [3.05, 3.63) is 23.7 Å². The Bertz CT molecular complexity index is 404. The number of furan rings is 1. The lowest BCUT2D eigenvalue weighted by Gasteiger charge is -2.37. The third-order valence-corrected chi connectivity index (χ3v) is 4.44. The molecule has 1 aromatic heterocycles. The molecule has 4 nitrogen and oxygen atoms in total. The molecule has 0 aliphatic carbocycles. The van der Waals surface area contributed by atoms with Gasteiger partial charge in [-0.2, -0.15) is 0 Å². The molecule has 1 aromatic rings. The summed E-state index contributed by atoms with van der Waals surface area (Å²) in [6.07, 6.45) is 4.59. The molecule has 3 rings (SSSR count). The van der Waals surface area contributed by atoms with Gasteiger partial charge in [0, 0.05) is 37.8 Å². The Morgan fingerprint density at radius 2 is 2.32 bits per heavy atom. The van der Waals surface area contributed by atoms with Crippen molar-refractivity contribution in [3.8, 4) is 0 Å². The fourth-order valence-electron chi connectivity index (χ4n) is 3.34. The van der Waals surface area contributed by atoms with Crippen molar-refractivity contribution >= 4 is 0 Å². The highest BCUT2D eigenvalue weighted by Gasteiger charge is 2.30. The summed E-state index contributed by atoms with van der Waals surface area (Å²) in [5, 5.41) is 3.34. The van der Waals surface area contributed by atoms with Crippen molar-refractivity contribution in [2.24, 2.45) is 0 Å². The van der Waals surface area contributed by atoms with E-state index in [2.05, 4.69) is 28.1 Å². The smallest absolute Gasteiger partial charge is 0.122 e. The molecule has 0 spiro atoms. The largest absolute Gasteiger partial charge is 0.468 e. The molecule has 2 aliphatic heterocycles. The van der Waals surface area contributed by atoms with Crippen LogP contribution in [0.3, 0.4) is 0 Å². The number of hydrogen-bond donors (Lipinski definition) is 1. The fraction of sp³-hybridized carbons (Fsp3) is 0.733. The maximum atomic E-state index is 5.60. The van der Waals surface area contributed by atoms with Crippen molar-refractivity contribution in [1.29, 1.82) is 0 Å². The van der Waals surface area contributed by atoms with Crippen LogP contribution in [0.25, 0.3) is 0 Å². The van der Waals surface area contributed by atoms with E-state index in [9.17, 15) is 0 Å². The van der Waals surface area contributed by atoms with Crippen LogP contribution in [0.2, 0.25) is 0 Å². The fourth-order valence-corrected chi connectivity index (χ4v) is 3.34. The molecule has 2 fully saturated rings. The minimum Gasteiger partial charge on any atom is -0.468 e. The first-order valence-corrected chi connectivity index (χ1v) is 7.59. The summed E-state index contributed by atoms with van der Waals surface area (Å²) in [5.41, 5.74) is 1.35. The molecule has 1 unspecified atom stereocenters. The molecule has 0 radical (unpaired) electrons. The zero-order chi connectivity index (χ0) is 13.1. The molecule has 2 saturated heterocycles. The van der Waals surface area contributed by atoms with Gasteiger partial charge in [-0.25, -0.2) is 0 Å². The Labute approximate surface area is 115 Å². The summed E-state index contributed by atoms with van der Waals surface area (Å²) in [6.45, 7) is 9.99. The third kappa shape index (κ3) is 3.02. The van der Waals surface area contributed by atoms with E-state index >= 15 is 0 Å². The van der Waals surface area contributed by atoms with Gasteiger partial charge in [0.25, 0.3) is 0 Å². The van der Waals surface area contributed by atoms with E-state index in [-0.39, 0.29) is 0 Å². The quantitative estimate of drug-likeness (QED) is 0.875. The molecule has 0 amide bonds. The van der Waals surface area contributed by atoms with Crippen LogP contribution in [0.1, 0.15) is 31.1 Å². The number of piperazine rings is 1. The van der Waals surface area contributed by atoms with Crippen LogP contribution in [0.4, 0.5) is 0 Å². The van der Waals surface area contributed by atoms with Gasteiger partial charge in [-0.05, 0) is 32.0 Å². The molecule has 0 aromatic carbocycles. The van der Waals surface area contributed by atoms with Crippen LogP contribution in [0, 0.1) is 0 Å². The minimum atomic E-state index is 0.804. The summed E-state index contributed by atoms with van der Waals surface area (Å²) >= 11 is 0. The molecule has 2 aliphatic rings. The van der Waals surface area contributed by atoms with E-state index in [1.54, 1.807) is 0 Å². The summed E-state index contributed by atoms with van der Waals surface area (Å²) in [7, 11) is 0. The standard InChI is InChI=1S/C15H25N3O/c1-2-16-10-15-13(5-9-19-15)11-17-7-8-18-6-3-4-14(18)12-17/h5,9,14,16H,2-4,6-8,10-12H2,1H3. The first-order chi connectivity index (χ1) is 9.36. The maximum Gasteiger partial charge on any atom is 0.122 e. The number of nitrogens with zero attached hydrogens (tertiary/aromatic N) is 2. The Morgan fingerprint density at radius 1 is 1.37 bits per heavy atom. The molecule has 0 bridgehead atoms. The summed E-state index contributed by atoms with van der Waals surface area (Å²) in [5.74, 6) is 1.11. The van der Waals surface area contributed by atoms with Gasteiger partial charge < -0.3 is 9.73 Å². The molecule has 19 heavy (non-hydrogen) atoms. The van der Waals surface area contributed by atoms with Crippen LogP contribution >= 0.6 is 0 Å². The second-order valence-corrected chi connectivity index (χ2v) is 5.72. The number of nitrogens with one attached hydrogen (secondary N) is 1. The second-order valence-electron chi connectivity index (χ2n) is 5.72. The average Bonchev–Trinajstić information content (AvgIpc) is 3.05. The highest BCUT2D eigenvalue weighted by Crippen LogP contribution is 2.23. The normalized spacial score (nSPS) is 24.8. The number of rotatable bonds is 5. The van der Waals surface area contributed by atoms with Crippen molar-refractivity contribution in [3.63, 3.8) is 0 Å². The highest BCUT2D eigenvalue weighted by molar-refractivity contribution is 5.17. The Balaban J connectivity index is 1.57. The van der Waals surface area contributed by atoms with Crippen LogP contribution in [-0.2, 0) is 13.1 Å². The molecule has 1 N–H and O–H groups in total. The minimum absolute atomic E-state index is 0.804. The Hall–Kier alpha value is -0.840. The van der Waals surface area contributed by atoms with Crippen LogP contribution in [0.15, 0.2) is 16.7 Å². The van der Waals surface area contributed by atoms with Gasteiger partial charge in [0.1, 0.15) is 5.76 Å². The zero-order valence-electron chi connectivity index (χ0n) is 11.9. The van der Waals surface area contributed by atoms with E-state index in [1.165, 1.54) is 44.6 Å². The zero-order valence-corrected chi connectivity index (χ0v) is 11.9. The van der Waals surface area contributed by atoms with E-state index in [0.717, 1.165) is 31.4 Å². The summed E-state index contributed by atoms with van der Waals surface area (Å²) in [6, 6.07) is 2.94. The van der Waals surface area contributed by atoms with Gasteiger partial charge in [-0.15, -0.1) is 0 Å². The van der Waals surface area contributed by atoms with Crippen molar-refractivity contribution in [2.75, 3.05) is 32.7 Å². The SMILES string of the molecule is CCNCc1occc1CN1CCN2CCCC2C1. The van der Waals surface area contributed by atoms with Gasteiger partial charge in [0.2, 0.25) is 0 Å². The highest BCUT2D eigenvalue weighted by atomic mass is 16.3. The third-order valence-electron chi connectivity index (χ3n) is 4.44. The lowest BCUT2D eigenvalue weighted by molar-refractivity contribution is 0.0989. The van der Waals surface area contributed by atoms with E-state index in [0.29, 0.717) is 0 Å². The summed E-state index contributed by atoms with van der Waals surface area (Å²) < 4.78 is 5.60. The van der Waals surface area contributed by atoms with Gasteiger partial charge in [0.05, 0.1) is 12.8 Å². The van der Waals surface area contributed by atoms with Gasteiger partial charge in [-0.3, -0.25) is 9.80 Å². The molecular weight excluding hydrogens is 238 g/mol. The van der Waals surface area contributed by atoms with Gasteiger partial charge in [0.15, 0.2) is 0 Å². The second kappa shape index (κ2) is 6.07. The van der Waals surface area contributed by atoms with Gasteiger partial charge >= 0.3 is 0 Å². The first kappa shape index (κ1) is 13.2. The number of hydrogen-bond acceptors (Lipinski definition) is 4. The predicted octanol–water partition coefficient (Wildman–Crippen LogP) is 1.67. The van der Waals surface area contributed by atoms with Crippen molar-refractivity contribution < 1.29 is 4.42 Å². The van der Waals surface area contributed by atoms with Crippen molar-refractivity contribution in [1.82, 2.24) is 15.1 Å². The topological polar surface area (TPSA) is 31.7 Å². The van der Waals surface area contributed by atoms with E-state index < -0.39 is 0 Å².